The summed E-state index contributed by atoms with van der Waals surface area (Å²) in [6, 6.07) is 11.7. The van der Waals surface area contributed by atoms with Gasteiger partial charge in [-0.15, -0.1) is 0 Å². The van der Waals surface area contributed by atoms with Crippen LogP contribution in [0, 0.1) is 10.1 Å². The molecule has 0 aliphatic carbocycles. The standard InChI is InChI=1S/C14H13BrN2O3/c1-9(16)10-5-2-3-8-13(10)20-14-11(15)6-4-7-12(14)17(18)19/h2-9H,16H2,1H3/t9-/m0/s1. The van der Waals surface area contributed by atoms with Crippen LogP contribution in [-0.4, -0.2) is 4.92 Å². The molecule has 0 unspecified atom stereocenters. The van der Waals surface area contributed by atoms with E-state index in [-0.39, 0.29) is 17.5 Å². The number of halogens is 1. The molecule has 1 atom stereocenters. The molecule has 0 aliphatic rings. The molecule has 0 heterocycles. The average Bonchev–Trinajstić information content (AvgIpc) is 2.41. The molecule has 2 aromatic carbocycles. The number of nitro benzene ring substituents is 1. The predicted octanol–water partition coefficient (Wildman–Crippen LogP) is 4.17. The summed E-state index contributed by atoms with van der Waals surface area (Å²) in [5.74, 6) is 0.683. The zero-order valence-electron chi connectivity index (χ0n) is 10.7. The molecule has 2 rings (SSSR count). The Labute approximate surface area is 124 Å². The Balaban J connectivity index is 2.48. The minimum Gasteiger partial charge on any atom is -0.449 e. The summed E-state index contributed by atoms with van der Waals surface area (Å²) in [4.78, 5) is 10.6. The monoisotopic (exact) mass is 336 g/mol. The van der Waals surface area contributed by atoms with Gasteiger partial charge in [0.2, 0.25) is 5.75 Å². The largest absolute Gasteiger partial charge is 0.449 e. The number of hydrogen-bond acceptors (Lipinski definition) is 4. The van der Waals surface area contributed by atoms with E-state index in [1.807, 2.05) is 19.1 Å². The molecule has 6 heteroatoms. The first-order valence-electron chi connectivity index (χ1n) is 5.96. The van der Waals surface area contributed by atoms with E-state index < -0.39 is 4.92 Å². The average molecular weight is 337 g/mol. The molecule has 0 saturated heterocycles. The zero-order valence-corrected chi connectivity index (χ0v) is 12.3. The maximum Gasteiger partial charge on any atom is 0.312 e. The van der Waals surface area contributed by atoms with Crippen molar-refractivity contribution in [3.05, 3.63) is 62.6 Å². The van der Waals surface area contributed by atoms with E-state index in [4.69, 9.17) is 10.5 Å². The highest BCUT2D eigenvalue weighted by molar-refractivity contribution is 9.10. The van der Waals surface area contributed by atoms with Crippen LogP contribution < -0.4 is 10.5 Å². The van der Waals surface area contributed by atoms with Crippen molar-refractivity contribution in [2.45, 2.75) is 13.0 Å². The molecule has 0 spiro atoms. The second-order valence-corrected chi connectivity index (χ2v) is 5.13. The molecule has 2 N–H and O–H groups in total. The minimum absolute atomic E-state index is 0.0983. The fourth-order valence-corrected chi connectivity index (χ4v) is 2.24. The van der Waals surface area contributed by atoms with Crippen LogP contribution in [0.2, 0.25) is 0 Å². The van der Waals surface area contributed by atoms with Crippen LogP contribution in [0.4, 0.5) is 5.69 Å². The quantitative estimate of drug-likeness (QED) is 0.671. The SMILES string of the molecule is C[C@H](N)c1ccccc1Oc1c(Br)cccc1[N+](=O)[O-]. The van der Waals surface area contributed by atoms with Crippen molar-refractivity contribution >= 4 is 21.6 Å². The van der Waals surface area contributed by atoms with Crippen molar-refractivity contribution in [2.75, 3.05) is 0 Å². The maximum absolute atomic E-state index is 11.1. The van der Waals surface area contributed by atoms with Gasteiger partial charge in [-0.05, 0) is 35.0 Å². The molecule has 0 saturated carbocycles. The van der Waals surface area contributed by atoms with Crippen molar-refractivity contribution in [1.29, 1.82) is 0 Å². The number of hydrogen-bond donors (Lipinski definition) is 1. The van der Waals surface area contributed by atoms with Gasteiger partial charge in [-0.2, -0.15) is 0 Å². The Morgan fingerprint density at radius 2 is 1.95 bits per heavy atom. The van der Waals surface area contributed by atoms with Crippen molar-refractivity contribution in [1.82, 2.24) is 0 Å². The predicted molar refractivity (Wildman–Crippen MR) is 79.9 cm³/mol. The molecule has 0 fully saturated rings. The summed E-state index contributed by atoms with van der Waals surface area (Å²) in [5.41, 5.74) is 6.57. The van der Waals surface area contributed by atoms with Gasteiger partial charge in [0, 0.05) is 17.7 Å². The number of para-hydroxylation sites is 2. The minimum atomic E-state index is -0.478. The van der Waals surface area contributed by atoms with Crippen LogP contribution in [-0.2, 0) is 0 Å². The normalized spacial score (nSPS) is 11.9. The maximum atomic E-state index is 11.1. The number of nitrogens with two attached hydrogens (primary N) is 1. The Bertz CT molecular complexity index is 644. The van der Waals surface area contributed by atoms with E-state index in [2.05, 4.69) is 15.9 Å². The van der Waals surface area contributed by atoms with E-state index in [0.29, 0.717) is 10.2 Å². The van der Waals surface area contributed by atoms with Crippen LogP contribution in [0.5, 0.6) is 11.5 Å². The second-order valence-electron chi connectivity index (χ2n) is 4.27. The highest BCUT2D eigenvalue weighted by atomic mass is 79.9. The third-order valence-corrected chi connectivity index (χ3v) is 3.39. The molecular weight excluding hydrogens is 324 g/mol. The molecule has 0 aliphatic heterocycles. The lowest BCUT2D eigenvalue weighted by atomic mass is 10.1. The topological polar surface area (TPSA) is 78.4 Å². The van der Waals surface area contributed by atoms with Gasteiger partial charge in [-0.3, -0.25) is 10.1 Å². The first-order valence-corrected chi connectivity index (χ1v) is 6.75. The zero-order chi connectivity index (χ0) is 14.7. The summed E-state index contributed by atoms with van der Waals surface area (Å²) < 4.78 is 6.25. The number of nitro groups is 1. The Morgan fingerprint density at radius 1 is 1.25 bits per heavy atom. The third-order valence-electron chi connectivity index (χ3n) is 2.76. The smallest absolute Gasteiger partial charge is 0.312 e. The van der Waals surface area contributed by atoms with E-state index in [1.54, 1.807) is 24.3 Å². The van der Waals surface area contributed by atoms with Gasteiger partial charge >= 0.3 is 5.69 Å². The summed E-state index contributed by atoms with van der Waals surface area (Å²) in [6.45, 7) is 1.83. The highest BCUT2D eigenvalue weighted by Gasteiger charge is 2.20. The summed E-state index contributed by atoms with van der Waals surface area (Å²) in [7, 11) is 0. The Kier molecular flexibility index (Phi) is 4.36. The molecule has 2 aromatic rings. The van der Waals surface area contributed by atoms with Gasteiger partial charge in [0.15, 0.2) is 0 Å². The molecule has 0 amide bonds. The summed E-state index contributed by atoms with van der Waals surface area (Å²) in [5, 5.41) is 11.1. The van der Waals surface area contributed by atoms with Crippen molar-refractivity contribution in [3.8, 4) is 11.5 Å². The second kappa shape index (κ2) is 6.02. The van der Waals surface area contributed by atoms with Crippen LogP contribution in [0.3, 0.4) is 0 Å². The molecule has 104 valence electrons. The van der Waals surface area contributed by atoms with Crippen molar-refractivity contribution in [2.24, 2.45) is 5.73 Å². The molecule has 5 nitrogen and oxygen atoms in total. The van der Waals surface area contributed by atoms with E-state index in [0.717, 1.165) is 5.56 Å². The van der Waals surface area contributed by atoms with Gasteiger partial charge in [-0.25, -0.2) is 0 Å². The first-order chi connectivity index (χ1) is 9.50. The molecule has 0 aromatic heterocycles. The van der Waals surface area contributed by atoms with Crippen LogP contribution in [0.1, 0.15) is 18.5 Å². The first kappa shape index (κ1) is 14.5. The van der Waals surface area contributed by atoms with E-state index >= 15 is 0 Å². The summed E-state index contributed by atoms with van der Waals surface area (Å²) >= 11 is 3.27. The molecular formula is C14H13BrN2O3. The molecule has 0 radical (unpaired) electrons. The van der Waals surface area contributed by atoms with Gasteiger partial charge < -0.3 is 10.5 Å². The number of rotatable bonds is 4. The lowest BCUT2D eigenvalue weighted by Crippen LogP contribution is -2.06. The fourth-order valence-electron chi connectivity index (χ4n) is 1.80. The highest BCUT2D eigenvalue weighted by Crippen LogP contribution is 2.39. The van der Waals surface area contributed by atoms with Crippen molar-refractivity contribution in [3.63, 3.8) is 0 Å². The van der Waals surface area contributed by atoms with Crippen LogP contribution in [0.25, 0.3) is 0 Å². The Hall–Kier alpha value is -1.92. The molecule has 0 bridgehead atoms. The third kappa shape index (κ3) is 2.97. The van der Waals surface area contributed by atoms with E-state index in [9.17, 15) is 10.1 Å². The van der Waals surface area contributed by atoms with Gasteiger partial charge in [-0.1, -0.05) is 24.3 Å². The van der Waals surface area contributed by atoms with Gasteiger partial charge in [0.1, 0.15) is 5.75 Å². The number of ether oxygens (including phenoxy) is 1. The van der Waals surface area contributed by atoms with Gasteiger partial charge in [0.05, 0.1) is 9.40 Å². The fraction of sp³-hybridized carbons (Fsp3) is 0.143. The van der Waals surface area contributed by atoms with Gasteiger partial charge in [0.25, 0.3) is 0 Å². The van der Waals surface area contributed by atoms with Crippen molar-refractivity contribution < 1.29 is 9.66 Å². The number of nitrogens with zero attached hydrogens (tertiary/aromatic N) is 1. The number of benzene rings is 2. The molecule has 20 heavy (non-hydrogen) atoms. The lowest BCUT2D eigenvalue weighted by molar-refractivity contribution is -0.385. The van der Waals surface area contributed by atoms with Crippen LogP contribution in [0.15, 0.2) is 46.9 Å². The summed E-state index contributed by atoms with van der Waals surface area (Å²) in [6.07, 6.45) is 0. The Morgan fingerprint density at radius 3 is 2.60 bits per heavy atom. The lowest BCUT2D eigenvalue weighted by Gasteiger charge is -2.14. The van der Waals surface area contributed by atoms with Crippen LogP contribution >= 0.6 is 15.9 Å². The van der Waals surface area contributed by atoms with E-state index in [1.165, 1.54) is 6.07 Å².